The highest BCUT2D eigenvalue weighted by Crippen LogP contribution is 2.24. The monoisotopic (exact) mass is 239 g/mol. The molecular weight excluding hydrogens is 220 g/mol. The first kappa shape index (κ1) is 12.5. The minimum atomic E-state index is -2.62. The summed E-state index contributed by atoms with van der Waals surface area (Å²) in [6, 6.07) is 7.60. The van der Waals surface area contributed by atoms with Gasteiger partial charge in [0, 0.05) is 6.42 Å². The topological polar surface area (TPSA) is 12.0 Å². The molecule has 0 spiro atoms. The molecule has 0 amide bonds. The molecule has 1 aliphatic rings. The van der Waals surface area contributed by atoms with Gasteiger partial charge in [-0.25, -0.2) is 8.78 Å². The van der Waals surface area contributed by atoms with Crippen LogP contribution in [0.4, 0.5) is 8.78 Å². The van der Waals surface area contributed by atoms with Gasteiger partial charge in [-0.1, -0.05) is 24.3 Å². The summed E-state index contributed by atoms with van der Waals surface area (Å²) in [4.78, 5) is 0. The molecule has 1 heterocycles. The molecule has 1 aromatic carbocycles. The predicted octanol–water partition coefficient (Wildman–Crippen LogP) is 3.04. The van der Waals surface area contributed by atoms with Gasteiger partial charge in [0.05, 0.1) is 0 Å². The van der Waals surface area contributed by atoms with Crippen molar-refractivity contribution in [1.82, 2.24) is 5.32 Å². The van der Waals surface area contributed by atoms with Crippen LogP contribution < -0.4 is 5.32 Å². The second kappa shape index (κ2) is 5.13. The van der Waals surface area contributed by atoms with Crippen molar-refractivity contribution < 1.29 is 8.78 Å². The minimum Gasteiger partial charge on any atom is -0.316 e. The van der Waals surface area contributed by atoms with Crippen LogP contribution in [0.3, 0.4) is 0 Å². The van der Waals surface area contributed by atoms with Crippen LogP contribution in [0, 0.1) is 5.92 Å². The van der Waals surface area contributed by atoms with Crippen LogP contribution in [-0.2, 0) is 12.8 Å². The summed E-state index contributed by atoms with van der Waals surface area (Å²) in [7, 11) is 0. The lowest BCUT2D eigenvalue weighted by Crippen LogP contribution is -2.16. The summed E-state index contributed by atoms with van der Waals surface area (Å²) in [5.74, 6) is -2.02. The lowest BCUT2D eigenvalue weighted by atomic mass is 9.93. The quantitative estimate of drug-likeness (QED) is 0.851. The van der Waals surface area contributed by atoms with Gasteiger partial charge in [0.25, 0.3) is 0 Å². The van der Waals surface area contributed by atoms with E-state index in [0.717, 1.165) is 44.0 Å². The number of hydrogen-bond donors (Lipinski definition) is 1. The van der Waals surface area contributed by atoms with Crippen molar-refractivity contribution in [3.05, 3.63) is 35.4 Å². The number of alkyl halides is 2. The summed E-state index contributed by atoms with van der Waals surface area (Å²) in [6.07, 6.45) is 1.92. The number of nitrogens with one attached hydrogen (secondary N) is 1. The van der Waals surface area contributed by atoms with Crippen LogP contribution in [0.25, 0.3) is 0 Å². The van der Waals surface area contributed by atoms with Crippen molar-refractivity contribution in [2.45, 2.75) is 32.1 Å². The third-order valence-electron chi connectivity index (χ3n) is 3.29. The molecule has 0 saturated carbocycles. The zero-order valence-electron chi connectivity index (χ0n) is 10.2. The molecule has 1 aromatic rings. The summed E-state index contributed by atoms with van der Waals surface area (Å²) >= 11 is 0. The number of rotatable bonds is 4. The van der Waals surface area contributed by atoms with Crippen LogP contribution in [0.15, 0.2) is 24.3 Å². The molecule has 1 fully saturated rings. The van der Waals surface area contributed by atoms with E-state index >= 15 is 0 Å². The lowest BCUT2D eigenvalue weighted by Gasteiger charge is -2.16. The molecule has 3 heteroatoms. The van der Waals surface area contributed by atoms with Crippen LogP contribution >= 0.6 is 0 Å². The molecule has 0 radical (unpaired) electrons. The number of halogens is 2. The van der Waals surface area contributed by atoms with Crippen molar-refractivity contribution in [2.75, 3.05) is 13.1 Å². The highest BCUT2D eigenvalue weighted by Gasteiger charge is 2.24. The summed E-state index contributed by atoms with van der Waals surface area (Å²) in [5.41, 5.74) is 1.88. The highest BCUT2D eigenvalue weighted by atomic mass is 19.3. The molecule has 1 N–H and O–H groups in total. The van der Waals surface area contributed by atoms with Crippen LogP contribution in [0.1, 0.15) is 24.5 Å². The van der Waals surface area contributed by atoms with E-state index in [1.807, 2.05) is 24.3 Å². The van der Waals surface area contributed by atoms with Gasteiger partial charge in [-0.2, -0.15) is 0 Å². The van der Waals surface area contributed by atoms with Crippen LogP contribution in [0.2, 0.25) is 0 Å². The first-order chi connectivity index (χ1) is 8.04. The maximum Gasteiger partial charge on any atom is 0.249 e. The Labute approximate surface area is 101 Å². The Bertz CT molecular complexity index is 365. The fourth-order valence-corrected chi connectivity index (χ4v) is 2.46. The average Bonchev–Trinajstić information content (AvgIpc) is 2.71. The molecule has 1 aliphatic heterocycles. The van der Waals surface area contributed by atoms with Crippen molar-refractivity contribution in [1.29, 1.82) is 0 Å². The van der Waals surface area contributed by atoms with Gasteiger partial charge in [0.2, 0.25) is 5.92 Å². The molecule has 1 nitrogen and oxygen atoms in total. The van der Waals surface area contributed by atoms with E-state index in [1.165, 1.54) is 0 Å². The molecule has 1 atom stereocenters. The first-order valence-electron chi connectivity index (χ1n) is 6.20. The van der Waals surface area contributed by atoms with E-state index < -0.39 is 5.92 Å². The minimum absolute atomic E-state index is 0.149. The molecule has 94 valence electrons. The number of benzene rings is 1. The van der Waals surface area contributed by atoms with E-state index in [2.05, 4.69) is 5.32 Å². The van der Waals surface area contributed by atoms with Crippen LogP contribution in [-0.4, -0.2) is 19.0 Å². The van der Waals surface area contributed by atoms with E-state index in [0.29, 0.717) is 5.92 Å². The van der Waals surface area contributed by atoms with Crippen LogP contribution in [0.5, 0.6) is 0 Å². The summed E-state index contributed by atoms with van der Waals surface area (Å²) in [6.45, 7) is 3.05. The highest BCUT2D eigenvalue weighted by molar-refractivity contribution is 5.28. The number of hydrogen-bond acceptors (Lipinski definition) is 1. The van der Waals surface area contributed by atoms with Gasteiger partial charge in [-0.05, 0) is 49.9 Å². The van der Waals surface area contributed by atoms with E-state index in [9.17, 15) is 8.78 Å². The SMILES string of the molecule is CC(F)(F)Cc1ccccc1CC1CCNC1. The third-order valence-corrected chi connectivity index (χ3v) is 3.29. The van der Waals surface area contributed by atoms with Crippen molar-refractivity contribution in [3.63, 3.8) is 0 Å². The van der Waals surface area contributed by atoms with E-state index in [1.54, 1.807) is 0 Å². The first-order valence-corrected chi connectivity index (χ1v) is 6.20. The fourth-order valence-electron chi connectivity index (χ4n) is 2.46. The van der Waals surface area contributed by atoms with Gasteiger partial charge < -0.3 is 5.32 Å². The summed E-state index contributed by atoms with van der Waals surface area (Å²) in [5, 5.41) is 3.31. The van der Waals surface area contributed by atoms with Crippen molar-refractivity contribution in [2.24, 2.45) is 5.92 Å². The fraction of sp³-hybridized carbons (Fsp3) is 0.571. The molecule has 0 aliphatic carbocycles. The Balaban J connectivity index is 2.09. The van der Waals surface area contributed by atoms with Gasteiger partial charge in [-0.3, -0.25) is 0 Å². The molecular formula is C14H19F2N. The van der Waals surface area contributed by atoms with E-state index in [4.69, 9.17) is 0 Å². The Hall–Kier alpha value is -0.960. The molecule has 1 unspecified atom stereocenters. The van der Waals surface area contributed by atoms with E-state index in [-0.39, 0.29) is 6.42 Å². The van der Waals surface area contributed by atoms with Gasteiger partial charge in [-0.15, -0.1) is 0 Å². The smallest absolute Gasteiger partial charge is 0.249 e. The van der Waals surface area contributed by atoms with Crippen molar-refractivity contribution in [3.8, 4) is 0 Å². The van der Waals surface area contributed by atoms with Crippen molar-refractivity contribution >= 4 is 0 Å². The molecule has 1 saturated heterocycles. The zero-order valence-corrected chi connectivity index (χ0v) is 10.2. The second-order valence-corrected chi connectivity index (χ2v) is 5.08. The molecule has 17 heavy (non-hydrogen) atoms. The maximum atomic E-state index is 13.1. The second-order valence-electron chi connectivity index (χ2n) is 5.08. The Morgan fingerprint density at radius 1 is 1.29 bits per heavy atom. The Morgan fingerprint density at radius 3 is 2.59 bits per heavy atom. The Kier molecular flexibility index (Phi) is 3.77. The van der Waals surface area contributed by atoms with Gasteiger partial charge in [0.15, 0.2) is 0 Å². The summed E-state index contributed by atoms with van der Waals surface area (Å²) < 4.78 is 26.2. The average molecular weight is 239 g/mol. The van der Waals surface area contributed by atoms with Gasteiger partial charge >= 0.3 is 0 Å². The predicted molar refractivity (Wildman–Crippen MR) is 65.4 cm³/mol. The third kappa shape index (κ3) is 3.77. The normalized spacial score (nSPS) is 20.8. The van der Waals surface area contributed by atoms with Gasteiger partial charge in [0.1, 0.15) is 0 Å². The standard InChI is InChI=1S/C14H19F2N/c1-14(15,16)9-13-5-3-2-4-12(13)8-11-6-7-17-10-11/h2-5,11,17H,6-10H2,1H3. The zero-order chi connectivity index (χ0) is 12.3. The Morgan fingerprint density at radius 2 is 2.00 bits per heavy atom. The molecule has 2 rings (SSSR count). The largest absolute Gasteiger partial charge is 0.316 e. The maximum absolute atomic E-state index is 13.1. The molecule has 0 aromatic heterocycles. The lowest BCUT2D eigenvalue weighted by molar-refractivity contribution is 0.0224. The molecule has 0 bridgehead atoms.